The van der Waals surface area contributed by atoms with Gasteiger partial charge in [-0.15, -0.1) is 11.8 Å². The molecule has 1 aliphatic heterocycles. The lowest BCUT2D eigenvalue weighted by molar-refractivity contribution is -0.118. The van der Waals surface area contributed by atoms with Crippen molar-refractivity contribution < 1.29 is 4.79 Å². The molecule has 1 saturated heterocycles. The zero-order valence-corrected chi connectivity index (χ0v) is 15.4. The minimum atomic E-state index is 0.277. The van der Waals surface area contributed by atoms with Gasteiger partial charge in [0.2, 0.25) is 5.91 Å². The maximum Gasteiger partial charge on any atom is 0.230 e. The first-order valence-corrected chi connectivity index (χ1v) is 10.7. The molecule has 4 saturated carbocycles. The summed E-state index contributed by atoms with van der Waals surface area (Å²) in [7, 11) is 2.19. The fourth-order valence-corrected chi connectivity index (χ4v) is 7.78. The lowest BCUT2D eigenvalue weighted by atomic mass is 9.56. The van der Waals surface area contributed by atoms with E-state index in [1.165, 1.54) is 57.9 Å². The molecule has 0 aromatic carbocycles. The summed E-state index contributed by atoms with van der Waals surface area (Å²) < 4.78 is 0.469. The molecule has 4 bridgehead atoms. The summed E-state index contributed by atoms with van der Waals surface area (Å²) in [5.74, 6) is 4.56. The lowest BCUT2D eigenvalue weighted by Crippen LogP contribution is -2.49. The van der Waals surface area contributed by atoms with Gasteiger partial charge in [-0.05, 0) is 88.6 Å². The van der Waals surface area contributed by atoms with Gasteiger partial charge in [0.25, 0.3) is 0 Å². The van der Waals surface area contributed by atoms with E-state index >= 15 is 0 Å². The smallest absolute Gasteiger partial charge is 0.230 e. The van der Waals surface area contributed by atoms with Crippen molar-refractivity contribution in [2.24, 2.45) is 23.7 Å². The minimum Gasteiger partial charge on any atom is -0.355 e. The summed E-state index contributed by atoms with van der Waals surface area (Å²) in [6, 6.07) is 0. The van der Waals surface area contributed by atoms with Gasteiger partial charge in [0.1, 0.15) is 0 Å². The van der Waals surface area contributed by atoms with Crippen molar-refractivity contribution in [3.8, 4) is 0 Å². The van der Waals surface area contributed by atoms with Gasteiger partial charge in [-0.1, -0.05) is 0 Å². The Morgan fingerprint density at radius 2 is 1.83 bits per heavy atom. The molecule has 1 heterocycles. The Morgan fingerprint density at radius 1 is 1.17 bits per heavy atom. The number of nitrogens with zero attached hydrogens (tertiary/aromatic N) is 1. The van der Waals surface area contributed by atoms with Crippen molar-refractivity contribution >= 4 is 17.7 Å². The van der Waals surface area contributed by atoms with Crippen LogP contribution in [0.5, 0.6) is 0 Å². The van der Waals surface area contributed by atoms with Gasteiger partial charge < -0.3 is 10.2 Å². The zero-order valence-electron chi connectivity index (χ0n) is 14.6. The second kappa shape index (κ2) is 6.59. The molecule has 0 aromatic rings. The summed E-state index contributed by atoms with van der Waals surface area (Å²) in [6.45, 7) is 3.24. The SMILES string of the molecule is CN1CCCC(CNC(=O)CSC23CC4CC(CC(C4)C2)C3)C1. The molecule has 3 nitrogen and oxygen atoms in total. The van der Waals surface area contributed by atoms with Crippen molar-refractivity contribution in [2.45, 2.75) is 56.1 Å². The van der Waals surface area contributed by atoms with Crippen LogP contribution in [-0.4, -0.2) is 48.0 Å². The van der Waals surface area contributed by atoms with Crippen LogP contribution in [0, 0.1) is 23.7 Å². The Labute approximate surface area is 145 Å². The Morgan fingerprint density at radius 3 is 2.43 bits per heavy atom. The maximum atomic E-state index is 12.3. The van der Waals surface area contributed by atoms with E-state index in [9.17, 15) is 4.79 Å². The van der Waals surface area contributed by atoms with Crippen LogP contribution in [0.1, 0.15) is 51.4 Å². The number of thioether (sulfide) groups is 1. The summed E-state index contributed by atoms with van der Waals surface area (Å²) in [4.78, 5) is 14.7. The van der Waals surface area contributed by atoms with E-state index in [-0.39, 0.29) is 5.91 Å². The molecule has 1 amide bonds. The highest BCUT2D eigenvalue weighted by Crippen LogP contribution is 2.60. The quantitative estimate of drug-likeness (QED) is 0.837. The summed E-state index contributed by atoms with van der Waals surface area (Å²) in [5, 5.41) is 3.22. The van der Waals surface area contributed by atoms with Crippen molar-refractivity contribution in [1.82, 2.24) is 10.2 Å². The first kappa shape index (κ1) is 16.3. The molecule has 5 rings (SSSR count). The van der Waals surface area contributed by atoms with Crippen molar-refractivity contribution in [2.75, 3.05) is 32.4 Å². The average molecular weight is 337 g/mol. The van der Waals surface area contributed by atoms with Crippen LogP contribution >= 0.6 is 11.8 Å². The first-order chi connectivity index (χ1) is 11.1. The van der Waals surface area contributed by atoms with Gasteiger partial charge in [0.15, 0.2) is 0 Å². The second-order valence-electron chi connectivity index (χ2n) is 8.96. The number of nitrogens with one attached hydrogen (secondary N) is 1. The average Bonchev–Trinajstić information content (AvgIpc) is 2.50. The van der Waals surface area contributed by atoms with Gasteiger partial charge >= 0.3 is 0 Å². The number of piperidine rings is 1. The van der Waals surface area contributed by atoms with Gasteiger partial charge in [0.05, 0.1) is 5.75 Å². The van der Waals surface area contributed by atoms with Crippen LogP contribution in [0.2, 0.25) is 0 Å². The highest BCUT2D eigenvalue weighted by atomic mass is 32.2. The van der Waals surface area contributed by atoms with Gasteiger partial charge in [-0.2, -0.15) is 0 Å². The number of carbonyl (C=O) groups is 1. The van der Waals surface area contributed by atoms with Gasteiger partial charge in [0, 0.05) is 17.8 Å². The molecule has 1 atom stereocenters. The fourth-order valence-electron chi connectivity index (χ4n) is 6.18. The fraction of sp³-hybridized carbons (Fsp3) is 0.947. The largest absolute Gasteiger partial charge is 0.355 e. The van der Waals surface area contributed by atoms with E-state index in [1.807, 2.05) is 11.8 Å². The molecule has 4 aliphatic carbocycles. The number of rotatable bonds is 5. The third-order valence-corrected chi connectivity index (χ3v) is 8.32. The number of likely N-dealkylation sites (tertiary alicyclic amines) is 1. The monoisotopic (exact) mass is 336 g/mol. The Balaban J connectivity index is 1.22. The van der Waals surface area contributed by atoms with Crippen molar-refractivity contribution in [3.05, 3.63) is 0 Å². The van der Waals surface area contributed by atoms with Crippen LogP contribution in [-0.2, 0) is 4.79 Å². The summed E-state index contributed by atoms with van der Waals surface area (Å²) >= 11 is 2.01. The van der Waals surface area contributed by atoms with Crippen LogP contribution in [0.3, 0.4) is 0 Å². The van der Waals surface area contributed by atoms with E-state index in [0.717, 1.165) is 30.8 Å². The third kappa shape index (κ3) is 3.73. The van der Waals surface area contributed by atoms with Crippen LogP contribution in [0.25, 0.3) is 0 Å². The van der Waals surface area contributed by atoms with Crippen LogP contribution in [0.4, 0.5) is 0 Å². The number of hydrogen-bond acceptors (Lipinski definition) is 3. The molecule has 0 spiro atoms. The Hall–Kier alpha value is -0.220. The molecular weight excluding hydrogens is 304 g/mol. The Bertz CT molecular complexity index is 417. The van der Waals surface area contributed by atoms with E-state index in [1.54, 1.807) is 0 Å². The molecule has 0 radical (unpaired) electrons. The summed E-state index contributed by atoms with van der Waals surface area (Å²) in [5.41, 5.74) is 0. The normalized spacial score (nSPS) is 42.8. The Kier molecular flexibility index (Phi) is 4.66. The molecule has 0 aromatic heterocycles. The molecule has 130 valence electrons. The minimum absolute atomic E-state index is 0.277. The molecule has 5 fully saturated rings. The highest BCUT2D eigenvalue weighted by Gasteiger charge is 2.51. The topological polar surface area (TPSA) is 32.3 Å². The van der Waals surface area contributed by atoms with Crippen molar-refractivity contribution in [3.63, 3.8) is 0 Å². The van der Waals surface area contributed by atoms with Gasteiger partial charge in [-0.25, -0.2) is 0 Å². The van der Waals surface area contributed by atoms with E-state index in [2.05, 4.69) is 17.3 Å². The highest BCUT2D eigenvalue weighted by molar-refractivity contribution is 8.01. The van der Waals surface area contributed by atoms with E-state index < -0.39 is 0 Å². The molecule has 5 aliphatic rings. The first-order valence-electron chi connectivity index (χ1n) is 9.69. The molecule has 1 N–H and O–H groups in total. The number of hydrogen-bond donors (Lipinski definition) is 1. The van der Waals surface area contributed by atoms with Crippen LogP contribution in [0.15, 0.2) is 0 Å². The van der Waals surface area contributed by atoms with E-state index in [0.29, 0.717) is 16.4 Å². The van der Waals surface area contributed by atoms with Crippen LogP contribution < -0.4 is 5.32 Å². The number of carbonyl (C=O) groups excluding carboxylic acids is 1. The summed E-state index contributed by atoms with van der Waals surface area (Å²) in [6.07, 6.45) is 11.2. The molecular formula is C19H32N2OS. The predicted molar refractivity (Wildman–Crippen MR) is 96.6 cm³/mol. The lowest BCUT2D eigenvalue weighted by Gasteiger charge is -2.56. The zero-order chi connectivity index (χ0) is 15.9. The molecule has 23 heavy (non-hydrogen) atoms. The molecule has 4 heteroatoms. The van der Waals surface area contributed by atoms with Gasteiger partial charge in [-0.3, -0.25) is 4.79 Å². The number of amides is 1. The van der Waals surface area contributed by atoms with Crippen molar-refractivity contribution in [1.29, 1.82) is 0 Å². The molecule has 1 unspecified atom stereocenters. The standard InChI is InChI=1S/C19H32N2OS/c1-21-4-2-3-14(12-21)11-20-18(22)13-23-19-8-15-5-16(9-19)7-17(6-15)10-19/h14-17H,2-13H2,1H3,(H,20,22). The van der Waals surface area contributed by atoms with E-state index in [4.69, 9.17) is 0 Å². The second-order valence-corrected chi connectivity index (χ2v) is 10.4. The third-order valence-electron chi connectivity index (χ3n) is 6.80. The maximum absolute atomic E-state index is 12.3. The predicted octanol–water partition coefficient (Wildman–Crippen LogP) is 3.15.